The number of nitrogens with one attached hydrogen (secondary N) is 2. The molecule has 122 valence electrons. The normalized spacial score (nSPS) is 23.5. The van der Waals surface area contributed by atoms with E-state index >= 15 is 0 Å². The van der Waals surface area contributed by atoms with Gasteiger partial charge in [-0.15, -0.1) is 0 Å². The number of piperidine rings is 1. The molecule has 3 rings (SSSR count). The van der Waals surface area contributed by atoms with Crippen LogP contribution in [0.3, 0.4) is 0 Å². The molecule has 1 amide bonds. The van der Waals surface area contributed by atoms with Crippen LogP contribution < -0.4 is 10.6 Å². The molecule has 1 unspecified atom stereocenters. The molecule has 2 N–H and O–H groups in total. The highest BCUT2D eigenvalue weighted by Crippen LogP contribution is 2.50. The number of carbonyl (C=O) groups is 1. The van der Waals surface area contributed by atoms with Gasteiger partial charge in [0.25, 0.3) is 5.91 Å². The monoisotopic (exact) mass is 304 g/mol. The summed E-state index contributed by atoms with van der Waals surface area (Å²) in [5, 5.41) is 11.0. The quantitative estimate of drug-likeness (QED) is 0.848. The smallest absolute Gasteiger partial charge is 0.271 e. The summed E-state index contributed by atoms with van der Waals surface area (Å²) in [7, 11) is 0. The average Bonchev–Trinajstić information content (AvgIpc) is 3.09. The van der Waals surface area contributed by atoms with Crippen LogP contribution >= 0.6 is 0 Å². The second-order valence-electron chi connectivity index (χ2n) is 7.46. The Morgan fingerprint density at radius 1 is 1.55 bits per heavy atom. The van der Waals surface area contributed by atoms with Gasteiger partial charge in [0.15, 0.2) is 0 Å². The van der Waals surface area contributed by atoms with Crippen LogP contribution in [0.5, 0.6) is 0 Å². The SMILES string of the molecule is CC(C)CC1(CNC(=O)c2ccn(C3CCCNC3)n2)CC1. The zero-order chi connectivity index (χ0) is 15.6. The number of amides is 1. The van der Waals surface area contributed by atoms with Crippen LogP contribution in [0.4, 0.5) is 0 Å². The molecule has 0 aromatic carbocycles. The Kier molecular flexibility index (Phi) is 4.52. The van der Waals surface area contributed by atoms with Crippen LogP contribution in [0.25, 0.3) is 0 Å². The third kappa shape index (κ3) is 3.69. The molecule has 0 radical (unpaired) electrons. The van der Waals surface area contributed by atoms with E-state index in [4.69, 9.17) is 0 Å². The summed E-state index contributed by atoms with van der Waals surface area (Å²) < 4.78 is 1.95. The third-order valence-electron chi connectivity index (χ3n) is 4.91. The minimum atomic E-state index is -0.0300. The molecule has 22 heavy (non-hydrogen) atoms. The molecule has 2 fully saturated rings. The number of hydrogen-bond donors (Lipinski definition) is 2. The Hall–Kier alpha value is -1.36. The fourth-order valence-corrected chi connectivity index (χ4v) is 3.58. The number of aromatic nitrogens is 2. The van der Waals surface area contributed by atoms with E-state index < -0.39 is 0 Å². The molecule has 5 nitrogen and oxygen atoms in total. The Labute approximate surface area is 132 Å². The molecule has 1 atom stereocenters. The van der Waals surface area contributed by atoms with Crippen molar-refractivity contribution in [3.63, 3.8) is 0 Å². The summed E-state index contributed by atoms with van der Waals surface area (Å²) in [6, 6.07) is 2.22. The highest BCUT2D eigenvalue weighted by molar-refractivity contribution is 5.92. The van der Waals surface area contributed by atoms with E-state index in [1.165, 1.54) is 25.7 Å². The second-order valence-corrected chi connectivity index (χ2v) is 7.46. The van der Waals surface area contributed by atoms with Crippen molar-refractivity contribution < 1.29 is 4.79 Å². The molecule has 1 saturated carbocycles. The first-order chi connectivity index (χ1) is 10.6. The van der Waals surface area contributed by atoms with Gasteiger partial charge in [-0.2, -0.15) is 5.10 Å². The maximum absolute atomic E-state index is 12.3. The van der Waals surface area contributed by atoms with Gasteiger partial charge in [0.05, 0.1) is 6.04 Å². The lowest BCUT2D eigenvalue weighted by molar-refractivity contribution is 0.0936. The fraction of sp³-hybridized carbons (Fsp3) is 0.765. The summed E-state index contributed by atoms with van der Waals surface area (Å²) in [6.45, 7) is 7.33. The third-order valence-corrected chi connectivity index (χ3v) is 4.91. The predicted molar refractivity (Wildman–Crippen MR) is 86.8 cm³/mol. The summed E-state index contributed by atoms with van der Waals surface area (Å²) in [4.78, 5) is 12.3. The van der Waals surface area contributed by atoms with Gasteiger partial charge < -0.3 is 10.6 Å². The number of carbonyl (C=O) groups excluding carboxylic acids is 1. The van der Waals surface area contributed by atoms with Gasteiger partial charge >= 0.3 is 0 Å². The number of nitrogens with zero attached hydrogens (tertiary/aromatic N) is 2. The minimum Gasteiger partial charge on any atom is -0.350 e. The molecule has 1 aliphatic heterocycles. The van der Waals surface area contributed by atoms with Crippen molar-refractivity contribution in [2.24, 2.45) is 11.3 Å². The lowest BCUT2D eigenvalue weighted by Gasteiger charge is -2.22. The van der Waals surface area contributed by atoms with Crippen molar-refractivity contribution in [1.29, 1.82) is 0 Å². The van der Waals surface area contributed by atoms with Crippen molar-refractivity contribution in [2.45, 2.75) is 52.0 Å². The van der Waals surface area contributed by atoms with Crippen molar-refractivity contribution in [1.82, 2.24) is 20.4 Å². The van der Waals surface area contributed by atoms with Crippen molar-refractivity contribution >= 4 is 5.91 Å². The van der Waals surface area contributed by atoms with Gasteiger partial charge in [-0.25, -0.2) is 0 Å². The van der Waals surface area contributed by atoms with Crippen LogP contribution in [-0.4, -0.2) is 35.3 Å². The van der Waals surface area contributed by atoms with E-state index in [-0.39, 0.29) is 5.91 Å². The molecule has 0 spiro atoms. The van der Waals surface area contributed by atoms with Crippen molar-refractivity contribution in [2.75, 3.05) is 19.6 Å². The average molecular weight is 304 g/mol. The van der Waals surface area contributed by atoms with E-state index in [1.54, 1.807) is 0 Å². The van der Waals surface area contributed by atoms with Crippen molar-refractivity contribution in [3.05, 3.63) is 18.0 Å². The van der Waals surface area contributed by atoms with Gasteiger partial charge in [0.2, 0.25) is 0 Å². The Bertz CT molecular complexity index is 512. The maximum atomic E-state index is 12.3. The lowest BCUT2D eigenvalue weighted by atomic mass is 9.94. The van der Waals surface area contributed by atoms with E-state index in [1.807, 2.05) is 16.9 Å². The zero-order valence-corrected chi connectivity index (χ0v) is 13.8. The Morgan fingerprint density at radius 3 is 3.00 bits per heavy atom. The van der Waals surface area contributed by atoms with Gasteiger partial charge in [-0.1, -0.05) is 13.8 Å². The largest absolute Gasteiger partial charge is 0.350 e. The van der Waals surface area contributed by atoms with Gasteiger partial charge in [-0.3, -0.25) is 9.48 Å². The molecular weight excluding hydrogens is 276 g/mol. The molecule has 2 aliphatic rings. The topological polar surface area (TPSA) is 59.0 Å². The molecular formula is C17H28N4O. The van der Waals surface area contributed by atoms with Crippen LogP contribution in [0.2, 0.25) is 0 Å². The maximum Gasteiger partial charge on any atom is 0.271 e. The first-order valence-electron chi connectivity index (χ1n) is 8.62. The van der Waals surface area contributed by atoms with Crippen molar-refractivity contribution in [3.8, 4) is 0 Å². The molecule has 1 saturated heterocycles. The van der Waals surface area contributed by atoms with Crippen LogP contribution in [0, 0.1) is 11.3 Å². The Balaban J connectivity index is 1.53. The van der Waals surface area contributed by atoms with Crippen LogP contribution in [0.1, 0.15) is 62.5 Å². The highest BCUT2D eigenvalue weighted by Gasteiger charge is 2.42. The first kappa shape index (κ1) is 15.5. The summed E-state index contributed by atoms with van der Waals surface area (Å²) in [6.07, 6.45) is 7.93. The van der Waals surface area contributed by atoms with E-state index in [2.05, 4.69) is 29.6 Å². The lowest BCUT2D eigenvalue weighted by Crippen LogP contribution is -2.33. The molecule has 1 aromatic rings. The molecule has 5 heteroatoms. The van der Waals surface area contributed by atoms with Gasteiger partial charge in [0, 0.05) is 19.3 Å². The first-order valence-corrected chi connectivity index (χ1v) is 8.62. The van der Waals surface area contributed by atoms with Gasteiger partial charge in [-0.05, 0) is 56.0 Å². The van der Waals surface area contributed by atoms with Crippen LogP contribution in [-0.2, 0) is 0 Å². The highest BCUT2D eigenvalue weighted by atomic mass is 16.1. The second kappa shape index (κ2) is 6.41. The van der Waals surface area contributed by atoms with E-state index in [0.29, 0.717) is 23.1 Å². The predicted octanol–water partition coefficient (Wildman–Crippen LogP) is 2.36. The molecule has 1 aromatic heterocycles. The van der Waals surface area contributed by atoms with Gasteiger partial charge in [0.1, 0.15) is 5.69 Å². The minimum absolute atomic E-state index is 0.0300. The summed E-state index contributed by atoms with van der Waals surface area (Å²) >= 11 is 0. The molecule has 2 heterocycles. The van der Waals surface area contributed by atoms with E-state index in [0.717, 1.165) is 26.1 Å². The summed E-state index contributed by atoms with van der Waals surface area (Å²) in [5.74, 6) is 0.662. The Morgan fingerprint density at radius 2 is 2.36 bits per heavy atom. The van der Waals surface area contributed by atoms with E-state index in [9.17, 15) is 4.79 Å². The molecule has 1 aliphatic carbocycles. The fourth-order valence-electron chi connectivity index (χ4n) is 3.58. The molecule has 0 bridgehead atoms. The number of rotatable bonds is 6. The number of hydrogen-bond acceptors (Lipinski definition) is 3. The van der Waals surface area contributed by atoms with Crippen LogP contribution in [0.15, 0.2) is 12.3 Å². The summed E-state index contributed by atoms with van der Waals surface area (Å²) in [5.41, 5.74) is 0.908. The standard InChI is InChI=1S/C17H28N4O/c1-13(2)10-17(6-7-17)12-19-16(22)15-5-9-21(20-15)14-4-3-8-18-11-14/h5,9,13-14,18H,3-4,6-8,10-12H2,1-2H3,(H,19,22). The zero-order valence-electron chi connectivity index (χ0n) is 13.8.